The molecular weight excluding hydrogens is 372 g/mol. The minimum atomic E-state index is -0.877. The summed E-state index contributed by atoms with van der Waals surface area (Å²) in [7, 11) is 0. The Morgan fingerprint density at radius 1 is 1.11 bits per heavy atom. The Hall–Kier alpha value is -2.76. The molecule has 0 atom stereocenters. The minimum absolute atomic E-state index is 0.447. The van der Waals surface area contributed by atoms with E-state index >= 15 is 0 Å². The Kier molecular flexibility index (Phi) is 4.65. The number of nitrogens with zero attached hydrogens (tertiary/aromatic N) is 4. The summed E-state index contributed by atoms with van der Waals surface area (Å²) in [4.78, 5) is 4.85. The summed E-state index contributed by atoms with van der Waals surface area (Å²) in [5.41, 5.74) is 3.96. The van der Waals surface area contributed by atoms with E-state index in [2.05, 4.69) is 22.3 Å². The van der Waals surface area contributed by atoms with Gasteiger partial charge in [-0.3, -0.25) is 9.56 Å². The van der Waals surface area contributed by atoms with Crippen molar-refractivity contribution in [3.63, 3.8) is 0 Å². The molecule has 0 saturated carbocycles. The summed E-state index contributed by atoms with van der Waals surface area (Å²) >= 11 is 6.07. The molecule has 0 saturated heterocycles. The number of rotatable bonds is 3. The second-order valence-electron chi connectivity index (χ2n) is 7.43. The van der Waals surface area contributed by atoms with Gasteiger partial charge in [0.25, 0.3) is 0 Å². The third kappa shape index (κ3) is 3.63. The third-order valence-corrected chi connectivity index (χ3v) is 4.84. The standard InChI is InChI=1S/C22H21ClN4O/c1-14-25-26-20-13-24-21(16-5-7-17(23)8-6-16)18-12-15(10-11-22(2,3)28)4-9-19(18)27(14)20/h4-12,28H,13H2,1-3H3/b11-10+. The number of aryl methyl sites for hydroxylation is 1. The van der Waals surface area contributed by atoms with Crippen LogP contribution in [0.5, 0.6) is 0 Å². The molecule has 1 aromatic heterocycles. The minimum Gasteiger partial charge on any atom is -0.386 e. The van der Waals surface area contributed by atoms with E-state index in [9.17, 15) is 5.11 Å². The lowest BCUT2D eigenvalue weighted by atomic mass is 9.97. The highest BCUT2D eigenvalue weighted by atomic mass is 35.5. The van der Waals surface area contributed by atoms with E-state index in [1.165, 1.54) is 0 Å². The van der Waals surface area contributed by atoms with E-state index in [0.717, 1.165) is 39.7 Å². The molecule has 3 aromatic rings. The molecule has 0 amide bonds. The van der Waals surface area contributed by atoms with Crippen LogP contribution in [-0.2, 0) is 6.54 Å². The van der Waals surface area contributed by atoms with Crippen molar-refractivity contribution in [2.75, 3.05) is 0 Å². The van der Waals surface area contributed by atoms with Crippen LogP contribution < -0.4 is 0 Å². The number of aromatic nitrogens is 3. The van der Waals surface area contributed by atoms with Crippen LogP contribution in [0.2, 0.25) is 5.02 Å². The summed E-state index contributed by atoms with van der Waals surface area (Å²) in [6, 6.07) is 13.8. The molecule has 6 heteroatoms. The van der Waals surface area contributed by atoms with E-state index < -0.39 is 5.60 Å². The number of hydrogen-bond acceptors (Lipinski definition) is 4. The average molecular weight is 393 g/mol. The van der Waals surface area contributed by atoms with Gasteiger partial charge in [0, 0.05) is 16.1 Å². The van der Waals surface area contributed by atoms with Gasteiger partial charge in [-0.15, -0.1) is 10.2 Å². The Labute approximate surface area is 169 Å². The van der Waals surface area contributed by atoms with Crippen molar-refractivity contribution < 1.29 is 5.11 Å². The molecule has 1 aliphatic rings. The lowest BCUT2D eigenvalue weighted by Crippen LogP contribution is -2.13. The molecule has 1 aliphatic heterocycles. The van der Waals surface area contributed by atoms with Gasteiger partial charge < -0.3 is 5.11 Å². The first-order valence-corrected chi connectivity index (χ1v) is 9.47. The quantitative estimate of drug-likeness (QED) is 0.720. The number of fused-ring (bicyclic) bond motifs is 3. The number of aliphatic imine (C=N–C) groups is 1. The molecule has 1 N–H and O–H groups in total. The maximum Gasteiger partial charge on any atom is 0.159 e. The maximum atomic E-state index is 10.0. The molecule has 4 rings (SSSR count). The molecule has 2 heterocycles. The first-order valence-electron chi connectivity index (χ1n) is 9.09. The van der Waals surface area contributed by atoms with Gasteiger partial charge >= 0.3 is 0 Å². The van der Waals surface area contributed by atoms with E-state index in [0.29, 0.717) is 11.6 Å². The van der Waals surface area contributed by atoms with Crippen LogP contribution in [0.3, 0.4) is 0 Å². The second kappa shape index (κ2) is 7.00. The van der Waals surface area contributed by atoms with Crippen molar-refractivity contribution in [1.82, 2.24) is 14.8 Å². The van der Waals surface area contributed by atoms with Crippen LogP contribution in [0, 0.1) is 6.92 Å². The molecule has 5 nitrogen and oxygen atoms in total. The first kappa shape index (κ1) is 18.6. The highest BCUT2D eigenvalue weighted by Gasteiger charge is 2.22. The molecule has 0 fully saturated rings. The molecule has 0 aliphatic carbocycles. The third-order valence-electron chi connectivity index (χ3n) is 4.59. The van der Waals surface area contributed by atoms with Gasteiger partial charge in [0.15, 0.2) is 5.82 Å². The lowest BCUT2D eigenvalue weighted by Gasteiger charge is -2.14. The zero-order chi connectivity index (χ0) is 19.9. The molecule has 0 bridgehead atoms. The molecule has 0 spiro atoms. The normalized spacial score (nSPS) is 13.8. The van der Waals surface area contributed by atoms with Crippen molar-refractivity contribution >= 4 is 23.4 Å². The van der Waals surface area contributed by atoms with E-state index in [4.69, 9.17) is 16.6 Å². The fourth-order valence-corrected chi connectivity index (χ4v) is 3.38. The predicted molar refractivity (Wildman–Crippen MR) is 112 cm³/mol. The lowest BCUT2D eigenvalue weighted by molar-refractivity contribution is 0.134. The predicted octanol–water partition coefficient (Wildman–Crippen LogP) is 4.36. The van der Waals surface area contributed by atoms with Crippen molar-refractivity contribution in [2.24, 2.45) is 4.99 Å². The first-order chi connectivity index (χ1) is 13.3. The van der Waals surface area contributed by atoms with Crippen LogP contribution >= 0.6 is 11.6 Å². The largest absolute Gasteiger partial charge is 0.386 e. The summed E-state index contributed by atoms with van der Waals surface area (Å²) in [6.45, 7) is 5.89. The smallest absolute Gasteiger partial charge is 0.159 e. The van der Waals surface area contributed by atoms with Gasteiger partial charge in [0.1, 0.15) is 12.4 Å². The fraction of sp³-hybridized carbons (Fsp3) is 0.227. The Balaban J connectivity index is 1.90. The molecular formula is C22H21ClN4O. The van der Waals surface area contributed by atoms with E-state index in [1.54, 1.807) is 19.9 Å². The number of halogens is 1. The summed E-state index contributed by atoms with van der Waals surface area (Å²) < 4.78 is 2.05. The van der Waals surface area contributed by atoms with Gasteiger partial charge in [-0.05, 0) is 50.6 Å². The van der Waals surface area contributed by atoms with Crippen molar-refractivity contribution in [1.29, 1.82) is 0 Å². The molecule has 28 heavy (non-hydrogen) atoms. The van der Waals surface area contributed by atoms with Crippen LogP contribution in [0.4, 0.5) is 0 Å². The molecule has 0 unspecified atom stereocenters. The summed E-state index contributed by atoms with van der Waals surface area (Å²) in [5.74, 6) is 1.63. The van der Waals surface area contributed by atoms with Gasteiger partial charge in [-0.1, -0.05) is 42.0 Å². The number of benzene rings is 2. The van der Waals surface area contributed by atoms with Crippen molar-refractivity contribution in [3.05, 3.63) is 81.9 Å². The molecule has 2 aromatic carbocycles. The van der Waals surface area contributed by atoms with Gasteiger partial charge in [0.05, 0.1) is 17.0 Å². The van der Waals surface area contributed by atoms with Gasteiger partial charge in [-0.25, -0.2) is 0 Å². The SMILES string of the molecule is Cc1nnc2n1-c1ccc(/C=C/C(C)(C)O)cc1C(c1ccc(Cl)cc1)=NC2. The monoisotopic (exact) mass is 392 g/mol. The van der Waals surface area contributed by atoms with E-state index in [-0.39, 0.29) is 0 Å². The maximum absolute atomic E-state index is 10.0. The van der Waals surface area contributed by atoms with Gasteiger partial charge in [0.2, 0.25) is 0 Å². The second-order valence-corrected chi connectivity index (χ2v) is 7.87. The molecule has 0 radical (unpaired) electrons. The fourth-order valence-electron chi connectivity index (χ4n) is 3.25. The van der Waals surface area contributed by atoms with Crippen molar-refractivity contribution in [2.45, 2.75) is 32.9 Å². The number of aliphatic hydroxyl groups is 1. The van der Waals surface area contributed by atoms with Crippen molar-refractivity contribution in [3.8, 4) is 5.69 Å². The Morgan fingerprint density at radius 3 is 2.57 bits per heavy atom. The Bertz CT molecular complexity index is 1090. The van der Waals surface area contributed by atoms with Crippen LogP contribution in [0.15, 0.2) is 53.5 Å². The average Bonchev–Trinajstić information content (AvgIpc) is 2.93. The summed E-state index contributed by atoms with van der Waals surface area (Å²) in [5, 5.41) is 19.2. The highest BCUT2D eigenvalue weighted by molar-refractivity contribution is 6.30. The van der Waals surface area contributed by atoms with E-state index in [1.807, 2.05) is 47.9 Å². The zero-order valence-electron chi connectivity index (χ0n) is 16.0. The number of hydrogen-bond donors (Lipinski definition) is 1. The van der Waals surface area contributed by atoms with Crippen LogP contribution in [-0.4, -0.2) is 31.2 Å². The topological polar surface area (TPSA) is 63.3 Å². The molecule has 142 valence electrons. The van der Waals surface area contributed by atoms with Gasteiger partial charge in [-0.2, -0.15) is 0 Å². The van der Waals surface area contributed by atoms with Crippen LogP contribution in [0.25, 0.3) is 11.8 Å². The summed E-state index contributed by atoms with van der Waals surface area (Å²) in [6.07, 6.45) is 3.70. The highest BCUT2D eigenvalue weighted by Crippen LogP contribution is 2.27. The Morgan fingerprint density at radius 2 is 1.86 bits per heavy atom. The zero-order valence-corrected chi connectivity index (χ0v) is 16.8. The van der Waals surface area contributed by atoms with Crippen LogP contribution in [0.1, 0.15) is 42.2 Å².